The van der Waals surface area contributed by atoms with Crippen molar-refractivity contribution < 1.29 is 27.9 Å². The molecule has 0 atom stereocenters. The van der Waals surface area contributed by atoms with E-state index in [2.05, 4.69) is 4.98 Å². The second-order valence-corrected chi connectivity index (χ2v) is 12.4. The molecule has 3 aromatic rings. The number of amides is 2. The van der Waals surface area contributed by atoms with E-state index in [-0.39, 0.29) is 68.0 Å². The van der Waals surface area contributed by atoms with E-state index in [4.69, 9.17) is 23.2 Å². The SMILES string of the molecule is CN(Cc1cc(Cl)cc(-c2cc(-c3cc(C(F)(F)F)ccc3Cl)c(C#N)c(=O)[nH]2)c1O)C(=O)C1CCN(C(=O)CC2CC2)CC1. The van der Waals surface area contributed by atoms with Gasteiger partial charge in [-0.15, -0.1) is 0 Å². The van der Waals surface area contributed by atoms with E-state index in [9.17, 15) is 37.9 Å². The van der Waals surface area contributed by atoms with Gasteiger partial charge in [-0.05, 0) is 68.0 Å². The van der Waals surface area contributed by atoms with Gasteiger partial charge in [0.25, 0.3) is 5.56 Å². The van der Waals surface area contributed by atoms with Gasteiger partial charge in [-0.2, -0.15) is 18.4 Å². The Morgan fingerprint density at radius 1 is 1.07 bits per heavy atom. The molecule has 2 heterocycles. The van der Waals surface area contributed by atoms with Gasteiger partial charge in [0.15, 0.2) is 0 Å². The number of alkyl halides is 3. The van der Waals surface area contributed by atoms with Crippen LogP contribution in [0.2, 0.25) is 10.0 Å². The van der Waals surface area contributed by atoms with Crippen molar-refractivity contribution in [1.82, 2.24) is 14.8 Å². The van der Waals surface area contributed by atoms with Crippen LogP contribution in [0.25, 0.3) is 22.4 Å². The fourth-order valence-electron chi connectivity index (χ4n) is 5.64. The largest absolute Gasteiger partial charge is 0.507 e. The van der Waals surface area contributed by atoms with Crippen LogP contribution in [0.5, 0.6) is 5.75 Å². The van der Waals surface area contributed by atoms with Gasteiger partial charge in [0.2, 0.25) is 11.8 Å². The zero-order chi connectivity index (χ0) is 32.6. The highest BCUT2D eigenvalue weighted by Gasteiger charge is 2.33. The number of aromatic amines is 1. The van der Waals surface area contributed by atoms with E-state index >= 15 is 0 Å². The van der Waals surface area contributed by atoms with Gasteiger partial charge >= 0.3 is 6.18 Å². The molecule has 0 bridgehead atoms. The van der Waals surface area contributed by atoms with Gasteiger partial charge in [-0.1, -0.05) is 23.2 Å². The molecule has 2 N–H and O–H groups in total. The predicted molar refractivity (Wildman–Crippen MR) is 162 cm³/mol. The number of aromatic nitrogens is 1. The number of hydrogen-bond acceptors (Lipinski definition) is 5. The van der Waals surface area contributed by atoms with Gasteiger partial charge in [-0.3, -0.25) is 14.4 Å². The summed E-state index contributed by atoms with van der Waals surface area (Å²) in [5.74, 6) is -0.146. The summed E-state index contributed by atoms with van der Waals surface area (Å²) in [7, 11) is 1.59. The smallest absolute Gasteiger partial charge is 0.416 e. The summed E-state index contributed by atoms with van der Waals surface area (Å²) in [6, 6.07) is 8.35. The number of nitrogens with one attached hydrogen (secondary N) is 1. The zero-order valence-corrected chi connectivity index (χ0v) is 25.7. The molecule has 2 aromatic carbocycles. The molecule has 1 aliphatic carbocycles. The number of nitriles is 1. The summed E-state index contributed by atoms with van der Waals surface area (Å²) < 4.78 is 40.4. The van der Waals surface area contributed by atoms with E-state index in [0.29, 0.717) is 38.3 Å². The van der Waals surface area contributed by atoms with Gasteiger partial charge in [0, 0.05) is 71.3 Å². The number of likely N-dealkylation sites (tertiary alicyclic amines) is 1. The number of phenols is 1. The van der Waals surface area contributed by atoms with Gasteiger partial charge in [0.05, 0.1) is 11.3 Å². The number of carbonyl (C=O) groups excluding carboxylic acids is 2. The molecule has 45 heavy (non-hydrogen) atoms. The summed E-state index contributed by atoms with van der Waals surface area (Å²) in [6.45, 7) is 0.977. The molecule has 236 valence electrons. The number of aromatic hydroxyl groups is 1. The Balaban J connectivity index is 1.41. The average molecular weight is 662 g/mol. The standard InChI is InChI=1S/C32H29Cl2F3N4O4/c1-40(31(45)18-6-8-41(9-7-18)28(42)10-17-2-3-17)16-19-11-21(33)13-24(29(19)43)27-14-22(25(15-38)30(44)39-27)23-12-20(32(35,36)37)4-5-26(23)34/h4-5,11-14,17-18,43H,2-3,6-10,16H2,1H3,(H,39,44). The predicted octanol–water partition coefficient (Wildman–Crippen LogP) is 6.61. The third kappa shape index (κ3) is 7.13. The van der Waals surface area contributed by atoms with Crippen molar-refractivity contribution in [2.45, 2.75) is 44.8 Å². The quantitative estimate of drug-likeness (QED) is 0.296. The second kappa shape index (κ2) is 12.8. The van der Waals surface area contributed by atoms with E-state index < -0.39 is 22.9 Å². The van der Waals surface area contributed by atoms with E-state index in [1.807, 2.05) is 4.90 Å². The summed E-state index contributed by atoms with van der Waals surface area (Å²) >= 11 is 12.6. The van der Waals surface area contributed by atoms with Crippen LogP contribution in [0.3, 0.4) is 0 Å². The lowest BCUT2D eigenvalue weighted by Crippen LogP contribution is -2.43. The molecule has 13 heteroatoms. The summed E-state index contributed by atoms with van der Waals surface area (Å²) in [4.78, 5) is 44.5. The lowest BCUT2D eigenvalue weighted by atomic mass is 9.94. The fraction of sp³-hybridized carbons (Fsp3) is 0.375. The Kier molecular flexibility index (Phi) is 9.19. The number of hydrogen-bond donors (Lipinski definition) is 2. The first kappa shape index (κ1) is 32.4. The first-order chi connectivity index (χ1) is 21.3. The van der Waals surface area contributed by atoms with Crippen LogP contribution in [0, 0.1) is 23.2 Å². The topological polar surface area (TPSA) is 118 Å². The van der Waals surface area contributed by atoms with Gasteiger partial charge in [-0.25, -0.2) is 0 Å². The number of pyridine rings is 1. The molecule has 1 saturated carbocycles. The number of rotatable bonds is 7. The summed E-state index contributed by atoms with van der Waals surface area (Å²) in [5.41, 5.74) is -2.49. The average Bonchev–Trinajstić information content (AvgIpc) is 3.81. The van der Waals surface area contributed by atoms with E-state index in [0.717, 1.165) is 31.0 Å². The Bertz CT molecular complexity index is 1760. The summed E-state index contributed by atoms with van der Waals surface area (Å²) in [6.07, 6.45) is -0.899. The highest BCUT2D eigenvalue weighted by molar-refractivity contribution is 6.33. The minimum Gasteiger partial charge on any atom is -0.507 e. The Labute approximate surface area is 267 Å². The molecule has 8 nitrogen and oxygen atoms in total. The molecule has 0 unspecified atom stereocenters. The maximum atomic E-state index is 13.5. The van der Waals surface area contributed by atoms with Crippen molar-refractivity contribution >= 4 is 35.0 Å². The van der Waals surface area contributed by atoms with Crippen LogP contribution in [0.4, 0.5) is 13.2 Å². The maximum absolute atomic E-state index is 13.5. The molecule has 5 rings (SSSR count). The number of carbonyl (C=O) groups is 2. The molecule has 0 radical (unpaired) electrons. The van der Waals surface area contributed by atoms with Crippen molar-refractivity contribution in [1.29, 1.82) is 5.26 Å². The maximum Gasteiger partial charge on any atom is 0.416 e. The lowest BCUT2D eigenvalue weighted by Gasteiger charge is -2.33. The third-order valence-electron chi connectivity index (χ3n) is 8.31. The molecule has 2 fully saturated rings. The van der Waals surface area contributed by atoms with Crippen molar-refractivity contribution in [3.8, 4) is 34.2 Å². The Morgan fingerprint density at radius 2 is 1.76 bits per heavy atom. The molecule has 0 spiro atoms. The van der Waals surface area contributed by atoms with Crippen molar-refractivity contribution in [2.24, 2.45) is 11.8 Å². The van der Waals surface area contributed by atoms with Gasteiger partial charge in [0.1, 0.15) is 17.4 Å². The van der Waals surface area contributed by atoms with Crippen LogP contribution in [-0.4, -0.2) is 51.8 Å². The minimum atomic E-state index is -4.70. The van der Waals surface area contributed by atoms with Crippen LogP contribution < -0.4 is 5.56 Å². The van der Waals surface area contributed by atoms with Crippen LogP contribution in [0.1, 0.15) is 48.8 Å². The lowest BCUT2D eigenvalue weighted by molar-refractivity contribution is -0.140. The second-order valence-electron chi connectivity index (χ2n) is 11.6. The highest BCUT2D eigenvalue weighted by Crippen LogP contribution is 2.40. The van der Waals surface area contributed by atoms with Crippen LogP contribution in [0.15, 0.2) is 41.2 Å². The van der Waals surface area contributed by atoms with E-state index in [1.165, 1.54) is 23.1 Å². The van der Waals surface area contributed by atoms with Crippen molar-refractivity contribution in [3.05, 3.63) is 73.5 Å². The molecule has 1 aromatic heterocycles. The van der Waals surface area contributed by atoms with Gasteiger partial charge < -0.3 is 19.9 Å². The number of halogens is 5. The normalized spacial score (nSPS) is 15.5. The molecule has 1 saturated heterocycles. The summed E-state index contributed by atoms with van der Waals surface area (Å²) in [5, 5.41) is 21.0. The number of phenolic OH excluding ortho intramolecular Hbond substituents is 1. The first-order valence-corrected chi connectivity index (χ1v) is 15.1. The zero-order valence-electron chi connectivity index (χ0n) is 24.2. The number of H-pyrrole nitrogens is 1. The third-order valence-corrected chi connectivity index (χ3v) is 8.86. The fourth-order valence-corrected chi connectivity index (χ4v) is 6.10. The van der Waals surface area contributed by atoms with Crippen LogP contribution in [-0.2, 0) is 22.3 Å². The molecule has 2 aliphatic rings. The monoisotopic (exact) mass is 660 g/mol. The van der Waals surface area contributed by atoms with Crippen molar-refractivity contribution in [3.63, 3.8) is 0 Å². The Hall–Kier alpha value is -4.01. The number of piperidine rings is 1. The minimum absolute atomic E-state index is 0.0269. The first-order valence-electron chi connectivity index (χ1n) is 14.4. The Morgan fingerprint density at radius 3 is 2.38 bits per heavy atom. The molecule has 1 aliphatic heterocycles. The van der Waals surface area contributed by atoms with Crippen LogP contribution >= 0.6 is 23.2 Å². The number of benzene rings is 2. The molecular formula is C32H29Cl2F3N4O4. The highest BCUT2D eigenvalue weighted by atomic mass is 35.5. The number of nitrogens with zero attached hydrogens (tertiary/aromatic N) is 3. The van der Waals surface area contributed by atoms with E-state index in [1.54, 1.807) is 13.1 Å². The molecular weight excluding hydrogens is 632 g/mol. The van der Waals surface area contributed by atoms with Crippen molar-refractivity contribution in [2.75, 3.05) is 20.1 Å². The molecule has 2 amide bonds.